The first-order valence-corrected chi connectivity index (χ1v) is 10.5. The van der Waals surface area contributed by atoms with Gasteiger partial charge in [-0.3, -0.25) is 14.8 Å². The van der Waals surface area contributed by atoms with E-state index in [9.17, 15) is 13.2 Å². The van der Waals surface area contributed by atoms with Crippen LogP contribution in [0.3, 0.4) is 0 Å². The zero-order valence-electron chi connectivity index (χ0n) is 17.0. The molecule has 29 heavy (non-hydrogen) atoms. The Kier molecular flexibility index (Phi) is 5.48. The van der Waals surface area contributed by atoms with Crippen molar-refractivity contribution in [2.24, 2.45) is 0 Å². The molecule has 0 unspecified atom stereocenters. The highest BCUT2D eigenvalue weighted by Crippen LogP contribution is 2.34. The number of aromatic nitrogens is 1. The second kappa shape index (κ2) is 7.71. The van der Waals surface area contributed by atoms with E-state index in [2.05, 4.69) is 15.2 Å². The summed E-state index contributed by atoms with van der Waals surface area (Å²) in [7, 11) is -3.83. The van der Waals surface area contributed by atoms with E-state index >= 15 is 0 Å². The second-order valence-corrected chi connectivity index (χ2v) is 8.71. The van der Waals surface area contributed by atoms with Crippen LogP contribution >= 0.6 is 0 Å². The standard InChI is InChI=1S/C21H23N3O4S/c1-12-6-7-13(2)18(10-12)24-29(26,27)19-11-17(9-8-14(19)3)20-15(4)23-28-21(20)22-16(5)25/h6-11,24H,1-5H3,(H,22,25). The van der Waals surface area contributed by atoms with Gasteiger partial charge >= 0.3 is 0 Å². The zero-order chi connectivity index (χ0) is 21.3. The van der Waals surface area contributed by atoms with E-state index in [-0.39, 0.29) is 16.7 Å². The summed E-state index contributed by atoms with van der Waals surface area (Å²) in [5, 5.41) is 6.48. The third-order valence-corrected chi connectivity index (χ3v) is 6.06. The van der Waals surface area contributed by atoms with E-state index < -0.39 is 10.0 Å². The Morgan fingerprint density at radius 1 is 1.00 bits per heavy atom. The Morgan fingerprint density at radius 2 is 1.69 bits per heavy atom. The maximum Gasteiger partial charge on any atom is 0.262 e. The third kappa shape index (κ3) is 4.32. The highest BCUT2D eigenvalue weighted by atomic mass is 32.2. The molecular weight excluding hydrogens is 390 g/mol. The van der Waals surface area contributed by atoms with Gasteiger partial charge in [-0.05, 0) is 62.1 Å². The lowest BCUT2D eigenvalue weighted by molar-refractivity contribution is -0.114. The van der Waals surface area contributed by atoms with Gasteiger partial charge in [-0.15, -0.1) is 0 Å². The number of benzene rings is 2. The van der Waals surface area contributed by atoms with Crippen LogP contribution in [0.5, 0.6) is 0 Å². The Bertz CT molecular complexity index is 1200. The monoisotopic (exact) mass is 413 g/mol. The summed E-state index contributed by atoms with van der Waals surface area (Å²) in [5.74, 6) is -0.122. The van der Waals surface area contributed by atoms with Crippen molar-refractivity contribution in [3.63, 3.8) is 0 Å². The van der Waals surface area contributed by atoms with E-state index in [4.69, 9.17) is 4.52 Å². The molecule has 0 saturated carbocycles. The van der Waals surface area contributed by atoms with Gasteiger partial charge in [-0.25, -0.2) is 8.42 Å². The number of rotatable bonds is 5. The van der Waals surface area contributed by atoms with Gasteiger partial charge in [0.2, 0.25) is 11.8 Å². The maximum absolute atomic E-state index is 13.1. The average Bonchev–Trinajstić information content (AvgIpc) is 2.98. The molecular formula is C21H23N3O4S. The van der Waals surface area contributed by atoms with Crippen LogP contribution in [0.4, 0.5) is 11.6 Å². The van der Waals surface area contributed by atoms with Crippen molar-refractivity contribution in [3.8, 4) is 11.1 Å². The molecule has 2 aromatic carbocycles. The van der Waals surface area contributed by atoms with Crippen molar-refractivity contribution in [2.75, 3.05) is 10.0 Å². The number of sulfonamides is 1. The fourth-order valence-electron chi connectivity index (χ4n) is 3.05. The number of hydrogen-bond acceptors (Lipinski definition) is 5. The van der Waals surface area contributed by atoms with E-state index in [1.54, 1.807) is 38.1 Å². The van der Waals surface area contributed by atoms with E-state index in [0.29, 0.717) is 28.1 Å². The lowest BCUT2D eigenvalue weighted by Gasteiger charge is -2.14. The van der Waals surface area contributed by atoms with Crippen molar-refractivity contribution in [3.05, 3.63) is 58.8 Å². The number of nitrogens with zero attached hydrogens (tertiary/aromatic N) is 1. The van der Waals surface area contributed by atoms with Gasteiger partial charge in [-0.2, -0.15) is 0 Å². The fraction of sp³-hybridized carbons (Fsp3) is 0.238. The van der Waals surface area contributed by atoms with Crippen LogP contribution in [0.2, 0.25) is 0 Å². The van der Waals surface area contributed by atoms with Crippen molar-refractivity contribution in [1.82, 2.24) is 5.16 Å². The molecule has 1 aromatic heterocycles. The number of amides is 1. The molecule has 0 bridgehead atoms. The molecule has 2 N–H and O–H groups in total. The quantitative estimate of drug-likeness (QED) is 0.648. The van der Waals surface area contributed by atoms with Crippen molar-refractivity contribution in [1.29, 1.82) is 0 Å². The SMILES string of the molecule is CC(=O)Nc1onc(C)c1-c1ccc(C)c(S(=O)(=O)Nc2cc(C)ccc2C)c1. The molecule has 0 aliphatic carbocycles. The Balaban J connectivity index is 2.07. The first-order valence-electron chi connectivity index (χ1n) is 9.03. The Labute approximate surface area is 170 Å². The predicted molar refractivity (Wildman–Crippen MR) is 112 cm³/mol. The summed E-state index contributed by atoms with van der Waals surface area (Å²) in [6.45, 7) is 8.58. The molecule has 3 rings (SSSR count). The molecule has 8 heteroatoms. The highest BCUT2D eigenvalue weighted by molar-refractivity contribution is 7.92. The molecule has 3 aromatic rings. The van der Waals surface area contributed by atoms with Crippen LogP contribution in [-0.4, -0.2) is 19.5 Å². The molecule has 0 atom stereocenters. The number of nitrogens with one attached hydrogen (secondary N) is 2. The lowest BCUT2D eigenvalue weighted by atomic mass is 10.0. The van der Waals surface area contributed by atoms with Crippen molar-refractivity contribution >= 4 is 27.5 Å². The van der Waals surface area contributed by atoms with Crippen molar-refractivity contribution in [2.45, 2.75) is 39.5 Å². The van der Waals surface area contributed by atoms with Gasteiger partial charge in [0, 0.05) is 6.92 Å². The smallest absolute Gasteiger partial charge is 0.262 e. The van der Waals surface area contributed by atoms with E-state index in [1.165, 1.54) is 6.92 Å². The molecule has 7 nitrogen and oxygen atoms in total. The number of aryl methyl sites for hydroxylation is 4. The summed E-state index contributed by atoms with van der Waals surface area (Å²) in [4.78, 5) is 11.6. The molecule has 0 fully saturated rings. The minimum Gasteiger partial charge on any atom is -0.337 e. The van der Waals surface area contributed by atoms with Gasteiger partial charge in [0.05, 0.1) is 21.8 Å². The maximum atomic E-state index is 13.1. The summed E-state index contributed by atoms with van der Waals surface area (Å²) < 4.78 is 34.1. The molecule has 0 aliphatic heterocycles. The number of carbonyl (C=O) groups is 1. The number of carbonyl (C=O) groups excluding carboxylic acids is 1. The second-order valence-electron chi connectivity index (χ2n) is 7.06. The van der Waals surface area contributed by atoms with Gasteiger partial charge in [0.25, 0.3) is 10.0 Å². The Morgan fingerprint density at radius 3 is 2.38 bits per heavy atom. The normalized spacial score (nSPS) is 11.3. The van der Waals surface area contributed by atoms with Crippen LogP contribution in [0.1, 0.15) is 29.3 Å². The van der Waals surface area contributed by atoms with Crippen LogP contribution < -0.4 is 10.0 Å². The number of hydrogen-bond donors (Lipinski definition) is 2. The average molecular weight is 413 g/mol. The number of anilines is 2. The molecule has 152 valence electrons. The lowest BCUT2D eigenvalue weighted by Crippen LogP contribution is -2.15. The molecule has 0 aliphatic rings. The third-order valence-electron chi connectivity index (χ3n) is 4.56. The largest absolute Gasteiger partial charge is 0.337 e. The topological polar surface area (TPSA) is 101 Å². The molecule has 0 spiro atoms. The zero-order valence-corrected chi connectivity index (χ0v) is 17.8. The van der Waals surface area contributed by atoms with Gasteiger partial charge in [-0.1, -0.05) is 29.4 Å². The first kappa shape index (κ1) is 20.6. The first-order chi connectivity index (χ1) is 13.6. The van der Waals surface area contributed by atoms with Crippen LogP contribution in [-0.2, 0) is 14.8 Å². The van der Waals surface area contributed by atoms with Gasteiger partial charge in [0.15, 0.2) is 0 Å². The summed E-state index contributed by atoms with van der Waals surface area (Å²) in [5.41, 5.74) is 4.59. The van der Waals surface area contributed by atoms with Crippen LogP contribution in [0.25, 0.3) is 11.1 Å². The van der Waals surface area contributed by atoms with Gasteiger partial charge < -0.3 is 4.52 Å². The minimum atomic E-state index is -3.83. The summed E-state index contributed by atoms with van der Waals surface area (Å²) in [6.07, 6.45) is 0. The predicted octanol–water partition coefficient (Wildman–Crippen LogP) is 4.33. The summed E-state index contributed by atoms with van der Waals surface area (Å²) in [6, 6.07) is 10.7. The van der Waals surface area contributed by atoms with E-state index in [0.717, 1.165) is 11.1 Å². The summed E-state index contributed by atoms with van der Waals surface area (Å²) >= 11 is 0. The van der Waals surface area contributed by atoms with Crippen molar-refractivity contribution < 1.29 is 17.7 Å². The molecule has 0 radical (unpaired) electrons. The van der Waals surface area contributed by atoms with Crippen LogP contribution in [0, 0.1) is 27.7 Å². The molecule has 1 amide bonds. The minimum absolute atomic E-state index is 0.144. The highest BCUT2D eigenvalue weighted by Gasteiger charge is 2.22. The van der Waals surface area contributed by atoms with Crippen LogP contribution in [0.15, 0.2) is 45.8 Å². The van der Waals surface area contributed by atoms with E-state index in [1.807, 2.05) is 26.0 Å². The fourth-order valence-corrected chi connectivity index (χ4v) is 4.44. The van der Waals surface area contributed by atoms with Gasteiger partial charge in [0.1, 0.15) is 0 Å². The molecule has 0 saturated heterocycles. The Hall–Kier alpha value is -3.13. The molecule has 1 heterocycles.